The number of guanidine groups is 1. The van der Waals surface area contributed by atoms with Gasteiger partial charge in [-0.2, -0.15) is 0 Å². The quantitative estimate of drug-likeness (QED) is 0.298. The molecule has 0 bridgehead atoms. The first-order valence-electron chi connectivity index (χ1n) is 8.26. The van der Waals surface area contributed by atoms with Crippen molar-refractivity contribution < 1.29 is 9.47 Å². The van der Waals surface area contributed by atoms with E-state index >= 15 is 0 Å². The molecule has 0 aliphatic rings. The Labute approximate surface area is 176 Å². The van der Waals surface area contributed by atoms with Crippen LogP contribution in [0.15, 0.2) is 83.9 Å². The van der Waals surface area contributed by atoms with Crippen molar-refractivity contribution in [3.63, 3.8) is 0 Å². The summed E-state index contributed by atoms with van der Waals surface area (Å²) in [6.07, 6.45) is 0. The first kappa shape index (κ1) is 20.6. The van der Waals surface area contributed by atoms with Gasteiger partial charge in [-0.1, -0.05) is 36.4 Å². The Hall–Kier alpha value is -2.74. The number of ether oxygens (including phenoxy) is 2. The number of benzene rings is 3. The Balaban J connectivity index is 0.00000261. The maximum absolute atomic E-state index is 5.99. The normalized spacial score (nSPS) is 10.6. The van der Waals surface area contributed by atoms with E-state index in [-0.39, 0.29) is 24.0 Å². The van der Waals surface area contributed by atoms with Crippen molar-refractivity contribution in [1.29, 1.82) is 0 Å². The average molecular weight is 475 g/mol. The van der Waals surface area contributed by atoms with Crippen LogP contribution in [0.4, 0.5) is 5.69 Å². The van der Waals surface area contributed by atoms with Gasteiger partial charge >= 0.3 is 0 Å². The number of halogens is 1. The van der Waals surface area contributed by atoms with E-state index in [1.807, 2.05) is 78.9 Å². The second kappa shape index (κ2) is 10.4. The summed E-state index contributed by atoms with van der Waals surface area (Å²) >= 11 is 0. The van der Waals surface area contributed by atoms with Gasteiger partial charge in [0.05, 0.1) is 13.7 Å². The second-order valence-corrected chi connectivity index (χ2v) is 5.62. The molecule has 0 unspecified atom stereocenters. The number of aliphatic imine (C=N–C) groups is 1. The first-order chi connectivity index (χ1) is 12.7. The number of anilines is 1. The molecule has 3 rings (SSSR count). The third-order valence-corrected chi connectivity index (χ3v) is 3.65. The third kappa shape index (κ3) is 6.49. The van der Waals surface area contributed by atoms with E-state index in [9.17, 15) is 0 Å². The van der Waals surface area contributed by atoms with Crippen molar-refractivity contribution >= 4 is 35.6 Å². The minimum Gasteiger partial charge on any atom is -0.497 e. The first-order valence-corrected chi connectivity index (χ1v) is 8.26. The number of methoxy groups -OCH3 is 1. The number of nitrogens with zero attached hydrogens (tertiary/aromatic N) is 1. The van der Waals surface area contributed by atoms with Gasteiger partial charge in [0.25, 0.3) is 0 Å². The van der Waals surface area contributed by atoms with Gasteiger partial charge in [-0.15, -0.1) is 24.0 Å². The molecule has 0 saturated heterocycles. The van der Waals surface area contributed by atoms with E-state index < -0.39 is 0 Å². The predicted molar refractivity (Wildman–Crippen MR) is 120 cm³/mol. The SMILES string of the molecule is COc1cccc(CN=C(N)Nc2cccc(Oc3ccccc3)c2)c1.I. The van der Waals surface area contributed by atoms with Gasteiger partial charge in [0.2, 0.25) is 0 Å². The molecular formula is C21H22IN3O2. The highest BCUT2D eigenvalue weighted by Gasteiger charge is 2.01. The molecule has 3 aromatic carbocycles. The van der Waals surface area contributed by atoms with Gasteiger partial charge in [-0.05, 0) is 42.0 Å². The molecule has 0 aromatic heterocycles. The monoisotopic (exact) mass is 475 g/mol. The lowest BCUT2D eigenvalue weighted by Gasteiger charge is -2.09. The van der Waals surface area contributed by atoms with Crippen molar-refractivity contribution in [3.05, 3.63) is 84.4 Å². The molecule has 0 aliphatic heterocycles. The fourth-order valence-electron chi connectivity index (χ4n) is 2.40. The fraction of sp³-hybridized carbons (Fsp3) is 0.0952. The van der Waals surface area contributed by atoms with Crippen molar-refractivity contribution in [2.75, 3.05) is 12.4 Å². The number of para-hydroxylation sites is 1. The standard InChI is InChI=1S/C21H21N3O2.HI/c1-25-19-11-5-7-16(13-19)15-23-21(22)24-17-8-6-12-20(14-17)26-18-9-3-2-4-10-18;/h2-14H,15H2,1H3,(H3,22,23,24);1H. The van der Waals surface area contributed by atoms with Crippen LogP contribution in [0.3, 0.4) is 0 Å². The van der Waals surface area contributed by atoms with Crippen LogP contribution < -0.4 is 20.5 Å². The summed E-state index contributed by atoms with van der Waals surface area (Å²) in [6, 6.07) is 24.9. The van der Waals surface area contributed by atoms with Gasteiger partial charge in [-0.25, -0.2) is 4.99 Å². The van der Waals surface area contributed by atoms with Crippen LogP contribution in [0.1, 0.15) is 5.56 Å². The molecule has 3 N–H and O–H groups in total. The molecule has 5 nitrogen and oxygen atoms in total. The van der Waals surface area contributed by atoms with Crippen LogP contribution in [-0.4, -0.2) is 13.1 Å². The maximum atomic E-state index is 5.99. The predicted octanol–water partition coefficient (Wildman–Crippen LogP) is 5.03. The number of hydrogen-bond donors (Lipinski definition) is 2. The molecule has 3 aromatic rings. The van der Waals surface area contributed by atoms with Crippen LogP contribution in [0.5, 0.6) is 17.2 Å². The lowest BCUT2D eigenvalue weighted by atomic mass is 10.2. The minimum absolute atomic E-state index is 0. The summed E-state index contributed by atoms with van der Waals surface area (Å²) in [5, 5.41) is 3.08. The molecule has 0 atom stereocenters. The highest BCUT2D eigenvalue weighted by Crippen LogP contribution is 2.23. The molecule has 0 aliphatic carbocycles. The summed E-state index contributed by atoms with van der Waals surface area (Å²) in [5.74, 6) is 2.64. The summed E-state index contributed by atoms with van der Waals surface area (Å²) < 4.78 is 11.0. The van der Waals surface area contributed by atoms with Crippen LogP contribution in [0.2, 0.25) is 0 Å². The number of nitrogens with two attached hydrogens (primary N) is 1. The lowest BCUT2D eigenvalue weighted by molar-refractivity contribution is 0.414. The van der Waals surface area contributed by atoms with E-state index in [1.54, 1.807) is 7.11 Å². The largest absolute Gasteiger partial charge is 0.497 e. The smallest absolute Gasteiger partial charge is 0.193 e. The van der Waals surface area contributed by atoms with Gasteiger partial charge < -0.3 is 20.5 Å². The Kier molecular flexibility index (Phi) is 7.94. The summed E-state index contributed by atoms with van der Waals surface area (Å²) in [6.45, 7) is 0.468. The number of rotatable bonds is 6. The number of hydrogen-bond acceptors (Lipinski definition) is 3. The van der Waals surface area contributed by atoms with Crippen LogP contribution in [0.25, 0.3) is 0 Å². The Morgan fingerprint density at radius 1 is 0.889 bits per heavy atom. The lowest BCUT2D eigenvalue weighted by Crippen LogP contribution is -2.22. The molecule has 0 amide bonds. The summed E-state index contributed by atoms with van der Waals surface area (Å²) in [7, 11) is 1.64. The van der Waals surface area contributed by atoms with Gasteiger partial charge in [0, 0.05) is 11.8 Å². The van der Waals surface area contributed by atoms with Crippen LogP contribution >= 0.6 is 24.0 Å². The summed E-state index contributed by atoms with van der Waals surface area (Å²) in [5.41, 5.74) is 7.83. The zero-order chi connectivity index (χ0) is 18.2. The average Bonchev–Trinajstić information content (AvgIpc) is 2.68. The molecule has 0 spiro atoms. The number of nitrogens with one attached hydrogen (secondary N) is 1. The Bertz CT molecular complexity index is 885. The van der Waals surface area contributed by atoms with E-state index in [0.29, 0.717) is 12.5 Å². The Morgan fingerprint density at radius 2 is 1.59 bits per heavy atom. The van der Waals surface area contributed by atoms with E-state index in [1.165, 1.54) is 0 Å². The van der Waals surface area contributed by atoms with Gasteiger partial charge in [-0.3, -0.25) is 0 Å². The molecule has 6 heteroatoms. The molecule has 27 heavy (non-hydrogen) atoms. The maximum Gasteiger partial charge on any atom is 0.193 e. The zero-order valence-electron chi connectivity index (χ0n) is 15.0. The van der Waals surface area contributed by atoms with Crippen LogP contribution in [-0.2, 0) is 6.54 Å². The van der Waals surface area contributed by atoms with Crippen molar-refractivity contribution in [2.24, 2.45) is 10.7 Å². The minimum atomic E-state index is 0. The van der Waals surface area contributed by atoms with Crippen molar-refractivity contribution in [2.45, 2.75) is 6.54 Å². The molecule has 0 radical (unpaired) electrons. The second-order valence-electron chi connectivity index (χ2n) is 5.62. The van der Waals surface area contributed by atoms with Crippen molar-refractivity contribution in [1.82, 2.24) is 0 Å². The molecule has 0 heterocycles. The molecule has 0 fully saturated rings. The third-order valence-electron chi connectivity index (χ3n) is 3.65. The van der Waals surface area contributed by atoms with Gasteiger partial charge in [0.15, 0.2) is 5.96 Å². The highest BCUT2D eigenvalue weighted by molar-refractivity contribution is 14.0. The highest BCUT2D eigenvalue weighted by atomic mass is 127. The van der Waals surface area contributed by atoms with E-state index in [2.05, 4.69) is 10.3 Å². The molecular weight excluding hydrogens is 453 g/mol. The molecule has 0 saturated carbocycles. The van der Waals surface area contributed by atoms with Gasteiger partial charge in [0.1, 0.15) is 17.2 Å². The topological polar surface area (TPSA) is 68.9 Å². The summed E-state index contributed by atoms with van der Waals surface area (Å²) in [4.78, 5) is 4.37. The van der Waals surface area contributed by atoms with Crippen LogP contribution in [0, 0.1) is 0 Å². The zero-order valence-corrected chi connectivity index (χ0v) is 17.3. The Morgan fingerprint density at radius 3 is 2.37 bits per heavy atom. The molecule has 140 valence electrons. The fourth-order valence-corrected chi connectivity index (χ4v) is 2.40. The van der Waals surface area contributed by atoms with Crippen molar-refractivity contribution in [3.8, 4) is 17.2 Å². The van der Waals surface area contributed by atoms with E-state index in [4.69, 9.17) is 15.2 Å². The van der Waals surface area contributed by atoms with E-state index in [0.717, 1.165) is 28.5 Å².